The minimum absolute atomic E-state index is 0.199. The maximum absolute atomic E-state index is 11.3. The van der Waals surface area contributed by atoms with Crippen molar-refractivity contribution in [3.63, 3.8) is 0 Å². The Morgan fingerprint density at radius 3 is 1.73 bits per heavy atom. The van der Waals surface area contributed by atoms with Crippen molar-refractivity contribution in [1.82, 2.24) is 0 Å². The number of aliphatic hydroxyl groups excluding tert-OH is 5. The molecule has 0 aliphatic carbocycles. The zero-order chi connectivity index (χ0) is 25.5. The maximum atomic E-state index is 11.3. The van der Waals surface area contributed by atoms with Crippen LogP contribution in [0.1, 0.15) is 41.0 Å². The van der Waals surface area contributed by atoms with Crippen molar-refractivity contribution in [2.75, 3.05) is 6.61 Å². The van der Waals surface area contributed by atoms with Crippen LogP contribution < -0.4 is 0 Å². The van der Waals surface area contributed by atoms with Gasteiger partial charge in [0.1, 0.15) is 30.5 Å². The Kier molecular flexibility index (Phi) is 11.6. The van der Waals surface area contributed by atoms with Crippen molar-refractivity contribution >= 4 is 17.9 Å². The van der Waals surface area contributed by atoms with Gasteiger partial charge >= 0.3 is 17.9 Å². The van der Waals surface area contributed by atoms with Gasteiger partial charge in [0.2, 0.25) is 12.4 Å². The van der Waals surface area contributed by atoms with Gasteiger partial charge in [-0.05, 0) is 6.42 Å². The zero-order valence-electron chi connectivity index (χ0n) is 19.2. The minimum atomic E-state index is -1.57. The first-order valence-electron chi connectivity index (χ1n) is 10.5. The fraction of sp³-hybridized carbons (Fsp3) is 0.850. The molecular weight excluding hydrogens is 448 g/mol. The van der Waals surface area contributed by atoms with Gasteiger partial charge < -0.3 is 49.2 Å². The summed E-state index contributed by atoms with van der Waals surface area (Å²) >= 11 is 0. The van der Waals surface area contributed by atoms with Gasteiger partial charge in [-0.15, -0.1) is 0 Å². The summed E-state index contributed by atoms with van der Waals surface area (Å²) in [5.74, 6) is -1.83. The number of carbonyl (C=O) groups excluding carboxylic acids is 3. The van der Waals surface area contributed by atoms with Crippen molar-refractivity contribution in [2.24, 2.45) is 5.92 Å². The largest absolute Gasteiger partial charge is 0.458 e. The molecule has 2 aliphatic heterocycles. The molecule has 0 amide bonds. The standard InChI is InChI=1S/C14H22O7.C6H12O6/c1-6-11-7(2)12(18-8(3)15)13(19-9(4)16)14(21-11)20-10(5)17;7-1-2-3(8)4(9)5(10)6(11)12-2/h7,11-14H,6H2,1-5H3;2-11H,1H2/t7-,11-,12+,13-,14+;2-,3-,4+,5-,6+/m11/s1. The summed E-state index contributed by atoms with van der Waals surface area (Å²) in [6.07, 6.45) is -9.46. The summed E-state index contributed by atoms with van der Waals surface area (Å²) in [5, 5.41) is 44.7. The Hall–Kier alpha value is -1.87. The quantitative estimate of drug-likeness (QED) is 0.212. The third-order valence-electron chi connectivity index (χ3n) is 5.16. The van der Waals surface area contributed by atoms with E-state index in [1.165, 1.54) is 20.8 Å². The van der Waals surface area contributed by atoms with Crippen LogP contribution in [0.3, 0.4) is 0 Å². The van der Waals surface area contributed by atoms with Crippen LogP contribution in [0.5, 0.6) is 0 Å². The van der Waals surface area contributed by atoms with E-state index in [-0.39, 0.29) is 12.0 Å². The van der Waals surface area contributed by atoms with Gasteiger partial charge in [-0.1, -0.05) is 13.8 Å². The van der Waals surface area contributed by atoms with Crippen molar-refractivity contribution in [2.45, 2.75) is 96.3 Å². The number of ether oxygens (including phenoxy) is 5. The van der Waals surface area contributed by atoms with Gasteiger partial charge in [0, 0.05) is 26.7 Å². The molecule has 13 heteroatoms. The lowest BCUT2D eigenvalue weighted by molar-refractivity contribution is -0.286. The molecule has 0 aromatic carbocycles. The minimum Gasteiger partial charge on any atom is -0.458 e. The van der Waals surface area contributed by atoms with E-state index in [4.69, 9.17) is 44.5 Å². The number of rotatable bonds is 5. The highest BCUT2D eigenvalue weighted by atomic mass is 16.7. The van der Waals surface area contributed by atoms with Crippen LogP contribution in [-0.2, 0) is 38.1 Å². The SMILES string of the molecule is CC[C@H]1O[C@H](OC(C)=O)[C@H](OC(C)=O)[C@@H](OC(C)=O)[C@@H]1C.OC[C@H]1O[C@H](O)[C@H](O)[C@@H](O)[C@@H]1O. The lowest BCUT2D eigenvalue weighted by Gasteiger charge is -2.43. The molecule has 5 N–H and O–H groups in total. The first kappa shape index (κ1) is 29.2. The van der Waals surface area contributed by atoms with Crippen LogP contribution >= 0.6 is 0 Å². The Morgan fingerprint density at radius 1 is 0.758 bits per heavy atom. The number of hydrogen-bond acceptors (Lipinski definition) is 13. The van der Waals surface area contributed by atoms with E-state index in [0.29, 0.717) is 6.42 Å². The van der Waals surface area contributed by atoms with Crippen LogP contribution in [0.15, 0.2) is 0 Å². The van der Waals surface area contributed by atoms with E-state index in [9.17, 15) is 14.4 Å². The second-order valence-electron chi connectivity index (χ2n) is 7.79. The zero-order valence-corrected chi connectivity index (χ0v) is 19.2. The molecule has 33 heavy (non-hydrogen) atoms. The number of carbonyl (C=O) groups is 3. The van der Waals surface area contributed by atoms with E-state index in [1.54, 1.807) is 0 Å². The Morgan fingerprint density at radius 2 is 1.27 bits per heavy atom. The normalized spacial score (nSPS) is 38.4. The van der Waals surface area contributed by atoms with Gasteiger partial charge in [-0.25, -0.2) is 0 Å². The van der Waals surface area contributed by atoms with Gasteiger partial charge in [0.05, 0.1) is 12.7 Å². The molecule has 2 rings (SSSR count). The molecule has 0 aromatic rings. The molecular formula is C20H34O13. The molecule has 13 nitrogen and oxygen atoms in total. The maximum Gasteiger partial charge on any atom is 0.305 e. The molecule has 0 bridgehead atoms. The number of aliphatic hydroxyl groups is 5. The molecule has 2 aliphatic rings. The highest BCUT2D eigenvalue weighted by Gasteiger charge is 2.49. The lowest BCUT2D eigenvalue weighted by Crippen LogP contribution is -2.58. The summed E-state index contributed by atoms with van der Waals surface area (Å²) in [7, 11) is 0. The topological polar surface area (TPSA) is 199 Å². The molecule has 2 heterocycles. The van der Waals surface area contributed by atoms with Crippen molar-refractivity contribution in [3.8, 4) is 0 Å². The van der Waals surface area contributed by atoms with Crippen molar-refractivity contribution in [3.05, 3.63) is 0 Å². The number of hydrogen-bond donors (Lipinski definition) is 5. The molecule has 2 fully saturated rings. The Balaban J connectivity index is 0.000000383. The second-order valence-corrected chi connectivity index (χ2v) is 7.79. The fourth-order valence-corrected chi connectivity index (χ4v) is 3.53. The summed E-state index contributed by atoms with van der Waals surface area (Å²) < 4.78 is 25.8. The lowest BCUT2D eigenvalue weighted by atomic mass is 9.89. The van der Waals surface area contributed by atoms with E-state index in [1.807, 2.05) is 13.8 Å². The van der Waals surface area contributed by atoms with Crippen LogP contribution in [0, 0.1) is 5.92 Å². The Labute approximate surface area is 191 Å². The summed E-state index contributed by atoms with van der Waals surface area (Å²) in [6, 6.07) is 0. The third-order valence-corrected chi connectivity index (χ3v) is 5.16. The third kappa shape index (κ3) is 8.14. The predicted octanol–water partition coefficient (Wildman–Crippen LogP) is -2.04. The van der Waals surface area contributed by atoms with Crippen LogP contribution in [-0.4, -0.2) is 105 Å². The van der Waals surface area contributed by atoms with Crippen LogP contribution in [0.4, 0.5) is 0 Å². The first-order valence-corrected chi connectivity index (χ1v) is 10.5. The molecule has 192 valence electrons. The van der Waals surface area contributed by atoms with Crippen LogP contribution in [0.25, 0.3) is 0 Å². The van der Waals surface area contributed by atoms with E-state index in [0.717, 1.165) is 0 Å². The number of esters is 3. The average molecular weight is 482 g/mol. The van der Waals surface area contributed by atoms with Crippen molar-refractivity contribution in [1.29, 1.82) is 0 Å². The van der Waals surface area contributed by atoms with Gasteiger partial charge in [-0.3, -0.25) is 14.4 Å². The van der Waals surface area contributed by atoms with Gasteiger partial charge in [0.15, 0.2) is 6.29 Å². The van der Waals surface area contributed by atoms with Gasteiger partial charge in [-0.2, -0.15) is 0 Å². The fourth-order valence-electron chi connectivity index (χ4n) is 3.53. The summed E-state index contributed by atoms with van der Waals surface area (Å²) in [4.78, 5) is 33.8. The van der Waals surface area contributed by atoms with E-state index < -0.39 is 73.7 Å². The highest BCUT2D eigenvalue weighted by Crippen LogP contribution is 2.32. The predicted molar refractivity (Wildman–Crippen MR) is 107 cm³/mol. The molecule has 2 saturated heterocycles. The van der Waals surface area contributed by atoms with E-state index in [2.05, 4.69) is 4.74 Å². The van der Waals surface area contributed by atoms with Gasteiger partial charge in [0.25, 0.3) is 0 Å². The average Bonchev–Trinajstić information content (AvgIpc) is 2.73. The van der Waals surface area contributed by atoms with Crippen LogP contribution in [0.2, 0.25) is 0 Å². The molecule has 0 unspecified atom stereocenters. The molecule has 0 radical (unpaired) electrons. The second kappa shape index (κ2) is 13.1. The monoisotopic (exact) mass is 482 g/mol. The highest BCUT2D eigenvalue weighted by molar-refractivity contribution is 5.68. The summed E-state index contributed by atoms with van der Waals surface area (Å²) in [5.41, 5.74) is 0. The van der Waals surface area contributed by atoms with Crippen molar-refractivity contribution < 1.29 is 63.6 Å². The Bertz CT molecular complexity index is 651. The first-order chi connectivity index (χ1) is 15.3. The molecule has 0 aromatic heterocycles. The van der Waals surface area contributed by atoms with E-state index >= 15 is 0 Å². The summed E-state index contributed by atoms with van der Waals surface area (Å²) in [6.45, 7) is 6.95. The molecule has 0 spiro atoms. The smallest absolute Gasteiger partial charge is 0.305 e. The molecule has 0 saturated carbocycles. The molecule has 10 atom stereocenters.